The van der Waals surface area contributed by atoms with Crippen LogP contribution in [0.25, 0.3) is 0 Å². The fourth-order valence-corrected chi connectivity index (χ4v) is 1.39. The number of hydrogen-bond acceptors (Lipinski definition) is 2. The number of hydrogen-bond donors (Lipinski definition) is 1. The van der Waals surface area contributed by atoms with E-state index in [4.69, 9.17) is 4.74 Å². The molecule has 0 saturated carbocycles. The zero-order valence-corrected chi connectivity index (χ0v) is 9.54. The Hall–Kier alpha value is -0.860. The molecule has 1 aromatic carbocycles. The highest BCUT2D eigenvalue weighted by Crippen LogP contribution is 1.97. The van der Waals surface area contributed by atoms with Crippen LogP contribution in [0.15, 0.2) is 30.3 Å². The average molecular weight is 207 g/mol. The summed E-state index contributed by atoms with van der Waals surface area (Å²) in [5.74, 6) is 0. The molecule has 0 fully saturated rings. The number of rotatable bonds is 8. The molecule has 0 unspecified atom stereocenters. The van der Waals surface area contributed by atoms with Crippen molar-refractivity contribution in [1.29, 1.82) is 0 Å². The highest BCUT2D eigenvalue weighted by atomic mass is 16.5. The third kappa shape index (κ3) is 6.26. The molecule has 0 bridgehead atoms. The van der Waals surface area contributed by atoms with E-state index in [2.05, 4.69) is 42.6 Å². The Balaban J connectivity index is 1.93. The molecule has 1 aromatic rings. The lowest BCUT2D eigenvalue weighted by Crippen LogP contribution is -2.22. The summed E-state index contributed by atoms with van der Waals surface area (Å²) in [5.41, 5.74) is 1.39. The Morgan fingerprint density at radius 3 is 2.60 bits per heavy atom. The highest BCUT2D eigenvalue weighted by molar-refractivity contribution is 5.14. The molecule has 0 spiro atoms. The van der Waals surface area contributed by atoms with E-state index in [-0.39, 0.29) is 0 Å². The lowest BCUT2D eigenvalue weighted by atomic mass is 10.1. The molecule has 0 heterocycles. The Morgan fingerprint density at radius 2 is 1.87 bits per heavy atom. The van der Waals surface area contributed by atoms with E-state index in [1.807, 2.05) is 0 Å². The van der Waals surface area contributed by atoms with Gasteiger partial charge < -0.3 is 10.1 Å². The molecule has 0 saturated heterocycles. The minimum absolute atomic E-state index is 0.822. The van der Waals surface area contributed by atoms with Crippen molar-refractivity contribution in [3.8, 4) is 0 Å². The summed E-state index contributed by atoms with van der Waals surface area (Å²) < 4.78 is 5.37. The van der Waals surface area contributed by atoms with E-state index >= 15 is 0 Å². The third-order valence-corrected chi connectivity index (χ3v) is 2.20. The predicted molar refractivity (Wildman–Crippen MR) is 64.1 cm³/mol. The van der Waals surface area contributed by atoms with Gasteiger partial charge in [0, 0.05) is 13.2 Å². The van der Waals surface area contributed by atoms with Crippen molar-refractivity contribution in [2.75, 3.05) is 26.3 Å². The fourth-order valence-electron chi connectivity index (χ4n) is 1.39. The van der Waals surface area contributed by atoms with Crippen LogP contribution in [0.4, 0.5) is 0 Å². The van der Waals surface area contributed by atoms with Crippen LogP contribution in [0.5, 0.6) is 0 Å². The van der Waals surface area contributed by atoms with Gasteiger partial charge in [0.25, 0.3) is 0 Å². The topological polar surface area (TPSA) is 21.3 Å². The SMILES string of the molecule is CCCOCCNCCc1ccccc1. The zero-order chi connectivity index (χ0) is 10.8. The van der Waals surface area contributed by atoms with Gasteiger partial charge in [-0.3, -0.25) is 0 Å². The zero-order valence-electron chi connectivity index (χ0n) is 9.54. The van der Waals surface area contributed by atoms with Crippen LogP contribution >= 0.6 is 0 Å². The first-order chi connectivity index (χ1) is 7.43. The molecule has 15 heavy (non-hydrogen) atoms. The van der Waals surface area contributed by atoms with E-state index in [9.17, 15) is 0 Å². The summed E-state index contributed by atoms with van der Waals surface area (Å²) in [6, 6.07) is 10.5. The molecule has 0 amide bonds. The Kier molecular flexibility index (Phi) is 6.88. The normalized spacial score (nSPS) is 10.5. The second-order valence-electron chi connectivity index (χ2n) is 3.60. The fraction of sp³-hybridized carbons (Fsp3) is 0.538. The van der Waals surface area contributed by atoms with E-state index in [0.29, 0.717) is 0 Å². The van der Waals surface area contributed by atoms with Gasteiger partial charge >= 0.3 is 0 Å². The summed E-state index contributed by atoms with van der Waals surface area (Å²) in [6.45, 7) is 5.80. The molecule has 0 aliphatic carbocycles. The van der Waals surface area contributed by atoms with Crippen LogP contribution in [0, 0.1) is 0 Å². The summed E-state index contributed by atoms with van der Waals surface area (Å²) in [7, 11) is 0. The van der Waals surface area contributed by atoms with Crippen molar-refractivity contribution >= 4 is 0 Å². The van der Waals surface area contributed by atoms with Crippen molar-refractivity contribution in [1.82, 2.24) is 5.32 Å². The summed E-state index contributed by atoms with van der Waals surface area (Å²) in [6.07, 6.45) is 2.19. The van der Waals surface area contributed by atoms with Crippen LogP contribution in [-0.2, 0) is 11.2 Å². The Bertz CT molecular complexity index is 236. The molecule has 0 aliphatic rings. The van der Waals surface area contributed by atoms with Crippen molar-refractivity contribution < 1.29 is 4.74 Å². The van der Waals surface area contributed by atoms with E-state index < -0.39 is 0 Å². The number of ether oxygens (including phenoxy) is 1. The van der Waals surface area contributed by atoms with E-state index in [0.717, 1.165) is 39.1 Å². The van der Waals surface area contributed by atoms with Gasteiger partial charge in [0.2, 0.25) is 0 Å². The van der Waals surface area contributed by atoms with Crippen LogP contribution < -0.4 is 5.32 Å². The minimum atomic E-state index is 0.822. The molecule has 0 aromatic heterocycles. The third-order valence-electron chi connectivity index (χ3n) is 2.20. The number of nitrogens with one attached hydrogen (secondary N) is 1. The van der Waals surface area contributed by atoms with E-state index in [1.165, 1.54) is 5.56 Å². The molecule has 84 valence electrons. The number of benzene rings is 1. The van der Waals surface area contributed by atoms with Gasteiger partial charge in [-0.15, -0.1) is 0 Å². The average Bonchev–Trinajstić information content (AvgIpc) is 2.29. The molecule has 0 atom stereocenters. The van der Waals surface area contributed by atoms with Crippen LogP contribution in [0.2, 0.25) is 0 Å². The van der Waals surface area contributed by atoms with Gasteiger partial charge in [-0.05, 0) is 24.9 Å². The predicted octanol–water partition coefficient (Wildman–Crippen LogP) is 2.25. The molecule has 2 heteroatoms. The van der Waals surface area contributed by atoms with Crippen molar-refractivity contribution in [2.45, 2.75) is 19.8 Å². The molecular weight excluding hydrogens is 186 g/mol. The van der Waals surface area contributed by atoms with Crippen LogP contribution in [0.1, 0.15) is 18.9 Å². The maximum absolute atomic E-state index is 5.37. The van der Waals surface area contributed by atoms with Gasteiger partial charge in [-0.2, -0.15) is 0 Å². The highest BCUT2D eigenvalue weighted by Gasteiger charge is 1.91. The minimum Gasteiger partial charge on any atom is -0.380 e. The van der Waals surface area contributed by atoms with Gasteiger partial charge in [0.15, 0.2) is 0 Å². The van der Waals surface area contributed by atoms with Crippen LogP contribution in [-0.4, -0.2) is 26.3 Å². The monoisotopic (exact) mass is 207 g/mol. The first-order valence-corrected chi connectivity index (χ1v) is 5.76. The van der Waals surface area contributed by atoms with Gasteiger partial charge in [0.05, 0.1) is 6.61 Å². The molecule has 0 aliphatic heterocycles. The second kappa shape index (κ2) is 8.45. The van der Waals surface area contributed by atoms with Crippen LogP contribution in [0.3, 0.4) is 0 Å². The molecule has 1 rings (SSSR count). The van der Waals surface area contributed by atoms with Gasteiger partial charge in [0.1, 0.15) is 0 Å². The van der Waals surface area contributed by atoms with Gasteiger partial charge in [-0.1, -0.05) is 37.3 Å². The Morgan fingerprint density at radius 1 is 1.07 bits per heavy atom. The van der Waals surface area contributed by atoms with Crippen molar-refractivity contribution in [3.63, 3.8) is 0 Å². The quantitative estimate of drug-likeness (QED) is 0.660. The summed E-state index contributed by atoms with van der Waals surface area (Å²) in [4.78, 5) is 0. The second-order valence-corrected chi connectivity index (χ2v) is 3.60. The van der Waals surface area contributed by atoms with E-state index in [1.54, 1.807) is 0 Å². The Labute approximate surface area is 92.6 Å². The lowest BCUT2D eigenvalue weighted by Gasteiger charge is -2.05. The van der Waals surface area contributed by atoms with Crippen molar-refractivity contribution in [2.24, 2.45) is 0 Å². The van der Waals surface area contributed by atoms with Gasteiger partial charge in [-0.25, -0.2) is 0 Å². The first-order valence-electron chi connectivity index (χ1n) is 5.76. The standard InChI is InChI=1S/C13H21NO/c1-2-11-15-12-10-14-9-8-13-6-4-3-5-7-13/h3-7,14H,2,8-12H2,1H3. The largest absolute Gasteiger partial charge is 0.380 e. The maximum Gasteiger partial charge on any atom is 0.0590 e. The molecule has 2 nitrogen and oxygen atoms in total. The molecular formula is C13H21NO. The lowest BCUT2D eigenvalue weighted by molar-refractivity contribution is 0.137. The summed E-state index contributed by atoms with van der Waals surface area (Å²) in [5, 5.41) is 3.37. The smallest absolute Gasteiger partial charge is 0.0590 e. The van der Waals surface area contributed by atoms with Crippen molar-refractivity contribution in [3.05, 3.63) is 35.9 Å². The molecule has 0 radical (unpaired) electrons. The summed E-state index contributed by atoms with van der Waals surface area (Å²) >= 11 is 0. The molecule has 1 N–H and O–H groups in total. The maximum atomic E-state index is 5.37. The first kappa shape index (κ1) is 12.2.